The summed E-state index contributed by atoms with van der Waals surface area (Å²) in [6, 6.07) is 10.1. The highest BCUT2D eigenvalue weighted by Crippen LogP contribution is 2.41. The minimum Gasteiger partial charge on any atom is -0.497 e. The third-order valence-corrected chi connectivity index (χ3v) is 5.67. The first-order chi connectivity index (χ1) is 10.1. The summed E-state index contributed by atoms with van der Waals surface area (Å²) >= 11 is 0. The number of hydrogen-bond donors (Lipinski definition) is 1. The molecule has 116 valence electrons. The summed E-state index contributed by atoms with van der Waals surface area (Å²) in [6.45, 7) is 4.87. The summed E-state index contributed by atoms with van der Waals surface area (Å²) in [5.41, 5.74) is 1.94. The zero-order chi connectivity index (χ0) is 14.9. The lowest BCUT2D eigenvalue weighted by molar-refractivity contribution is 0.130. The van der Waals surface area contributed by atoms with E-state index < -0.39 is 0 Å². The van der Waals surface area contributed by atoms with E-state index in [1.165, 1.54) is 44.1 Å². The molecule has 2 heteroatoms. The van der Waals surface area contributed by atoms with Gasteiger partial charge in [0.05, 0.1) is 7.11 Å². The molecule has 2 nitrogen and oxygen atoms in total. The second kappa shape index (κ2) is 6.00. The predicted molar refractivity (Wildman–Crippen MR) is 87.9 cm³/mol. The molecule has 0 heterocycles. The van der Waals surface area contributed by atoms with Crippen molar-refractivity contribution < 1.29 is 4.74 Å². The zero-order valence-corrected chi connectivity index (χ0v) is 13.7. The monoisotopic (exact) mass is 287 g/mol. The Bertz CT molecular complexity index is 459. The van der Waals surface area contributed by atoms with Crippen LogP contribution in [0.15, 0.2) is 24.3 Å². The van der Waals surface area contributed by atoms with E-state index in [0.29, 0.717) is 11.5 Å². The van der Waals surface area contributed by atoms with Crippen LogP contribution in [-0.4, -0.2) is 19.2 Å². The van der Waals surface area contributed by atoms with Gasteiger partial charge in [-0.25, -0.2) is 0 Å². The van der Waals surface area contributed by atoms with Crippen molar-refractivity contribution in [2.75, 3.05) is 7.11 Å². The van der Waals surface area contributed by atoms with Crippen LogP contribution in [0.1, 0.15) is 63.9 Å². The third kappa shape index (κ3) is 3.26. The van der Waals surface area contributed by atoms with Gasteiger partial charge in [0.2, 0.25) is 0 Å². The first kappa shape index (κ1) is 14.9. The van der Waals surface area contributed by atoms with Crippen LogP contribution in [0.2, 0.25) is 0 Å². The van der Waals surface area contributed by atoms with Gasteiger partial charge in [-0.1, -0.05) is 38.8 Å². The topological polar surface area (TPSA) is 21.3 Å². The fraction of sp³-hybridized carbons (Fsp3) is 0.684. The number of nitrogens with one attached hydrogen (secondary N) is 1. The number of methoxy groups -OCH3 is 1. The number of ether oxygens (including phenoxy) is 1. The molecule has 0 aromatic heterocycles. The molecule has 3 rings (SSSR count). The van der Waals surface area contributed by atoms with Crippen LogP contribution < -0.4 is 10.1 Å². The van der Waals surface area contributed by atoms with Gasteiger partial charge in [-0.2, -0.15) is 0 Å². The molecular formula is C19H29NO. The minimum absolute atomic E-state index is 0.476. The largest absolute Gasteiger partial charge is 0.497 e. The number of benzene rings is 1. The Morgan fingerprint density at radius 1 is 1.10 bits per heavy atom. The van der Waals surface area contributed by atoms with Crippen molar-refractivity contribution in [2.24, 2.45) is 5.41 Å². The Kier molecular flexibility index (Phi) is 4.26. The SMILES string of the molecule is COc1ccc(C2CC(NC3CCCCC3(C)C)C2)cc1. The summed E-state index contributed by atoms with van der Waals surface area (Å²) in [5.74, 6) is 1.69. The lowest BCUT2D eigenvalue weighted by atomic mass is 9.70. The average Bonchev–Trinajstić information content (AvgIpc) is 2.44. The van der Waals surface area contributed by atoms with Crippen LogP contribution in [0.4, 0.5) is 0 Å². The van der Waals surface area contributed by atoms with Crippen molar-refractivity contribution in [3.05, 3.63) is 29.8 Å². The number of hydrogen-bond acceptors (Lipinski definition) is 2. The summed E-state index contributed by atoms with van der Waals surface area (Å²) in [7, 11) is 1.73. The maximum absolute atomic E-state index is 5.23. The van der Waals surface area contributed by atoms with Crippen molar-refractivity contribution >= 4 is 0 Å². The second-order valence-corrected chi connectivity index (χ2v) is 7.59. The van der Waals surface area contributed by atoms with E-state index in [2.05, 4.69) is 43.4 Å². The van der Waals surface area contributed by atoms with Crippen molar-refractivity contribution in [3.63, 3.8) is 0 Å². The third-order valence-electron chi connectivity index (χ3n) is 5.67. The van der Waals surface area contributed by atoms with E-state index in [1.54, 1.807) is 7.11 Å². The predicted octanol–water partition coefficient (Wildman–Crippen LogP) is 4.50. The molecule has 1 aromatic carbocycles. The Balaban J connectivity index is 1.51. The molecule has 2 saturated carbocycles. The molecule has 1 N–H and O–H groups in total. The van der Waals surface area contributed by atoms with Gasteiger partial charge in [0, 0.05) is 12.1 Å². The summed E-state index contributed by atoms with van der Waals surface area (Å²) in [4.78, 5) is 0. The van der Waals surface area contributed by atoms with Crippen molar-refractivity contribution in [1.82, 2.24) is 5.32 Å². The summed E-state index contributed by atoms with van der Waals surface area (Å²) in [6.07, 6.45) is 8.12. The Hall–Kier alpha value is -1.02. The van der Waals surface area contributed by atoms with Crippen LogP contribution in [-0.2, 0) is 0 Å². The highest BCUT2D eigenvalue weighted by molar-refractivity contribution is 5.31. The molecule has 0 radical (unpaired) electrons. The van der Waals surface area contributed by atoms with Gasteiger partial charge < -0.3 is 10.1 Å². The van der Waals surface area contributed by atoms with Gasteiger partial charge in [0.25, 0.3) is 0 Å². The molecule has 1 atom stereocenters. The van der Waals surface area contributed by atoms with E-state index >= 15 is 0 Å². The summed E-state index contributed by atoms with van der Waals surface area (Å²) < 4.78 is 5.23. The van der Waals surface area contributed by atoms with E-state index in [1.807, 2.05) is 0 Å². The molecular weight excluding hydrogens is 258 g/mol. The lowest BCUT2D eigenvalue weighted by Gasteiger charge is -2.45. The van der Waals surface area contributed by atoms with Crippen molar-refractivity contribution in [3.8, 4) is 5.75 Å². The molecule has 0 amide bonds. The molecule has 1 unspecified atom stereocenters. The van der Waals surface area contributed by atoms with Gasteiger partial charge >= 0.3 is 0 Å². The standard InChI is InChI=1S/C19H29NO/c1-19(2)11-5-4-6-18(19)20-16-12-15(13-16)14-7-9-17(21-3)10-8-14/h7-10,15-16,18,20H,4-6,11-13H2,1-3H3. The van der Waals surface area contributed by atoms with E-state index in [4.69, 9.17) is 4.74 Å². The molecule has 1 aromatic rings. The lowest BCUT2D eigenvalue weighted by Crippen LogP contribution is -2.52. The van der Waals surface area contributed by atoms with Crippen LogP contribution in [0, 0.1) is 5.41 Å². The molecule has 2 fully saturated rings. The fourth-order valence-electron chi connectivity index (χ4n) is 3.99. The zero-order valence-electron chi connectivity index (χ0n) is 13.7. The Morgan fingerprint density at radius 3 is 2.43 bits per heavy atom. The Morgan fingerprint density at radius 2 is 1.81 bits per heavy atom. The van der Waals surface area contributed by atoms with Crippen molar-refractivity contribution in [1.29, 1.82) is 0 Å². The van der Waals surface area contributed by atoms with E-state index in [-0.39, 0.29) is 0 Å². The molecule has 0 saturated heterocycles. The van der Waals surface area contributed by atoms with E-state index in [0.717, 1.165) is 17.7 Å². The minimum atomic E-state index is 0.476. The number of rotatable bonds is 4. The second-order valence-electron chi connectivity index (χ2n) is 7.59. The molecule has 2 aliphatic carbocycles. The van der Waals surface area contributed by atoms with Gasteiger partial charge in [0.1, 0.15) is 5.75 Å². The highest BCUT2D eigenvalue weighted by Gasteiger charge is 2.37. The van der Waals surface area contributed by atoms with Crippen molar-refractivity contribution in [2.45, 2.75) is 70.4 Å². The maximum Gasteiger partial charge on any atom is 0.118 e. The molecule has 21 heavy (non-hydrogen) atoms. The Labute approximate surface area is 129 Å². The smallest absolute Gasteiger partial charge is 0.118 e. The first-order valence-electron chi connectivity index (χ1n) is 8.48. The van der Waals surface area contributed by atoms with Gasteiger partial charge in [-0.3, -0.25) is 0 Å². The van der Waals surface area contributed by atoms with Crippen LogP contribution in [0.3, 0.4) is 0 Å². The first-order valence-corrected chi connectivity index (χ1v) is 8.48. The molecule has 0 aliphatic heterocycles. The summed E-state index contributed by atoms with van der Waals surface area (Å²) in [5, 5.41) is 3.94. The van der Waals surface area contributed by atoms with Gasteiger partial charge in [-0.15, -0.1) is 0 Å². The molecule has 0 spiro atoms. The quantitative estimate of drug-likeness (QED) is 0.880. The van der Waals surface area contributed by atoms with Crippen LogP contribution in [0.5, 0.6) is 5.75 Å². The fourth-order valence-corrected chi connectivity index (χ4v) is 3.99. The van der Waals surface area contributed by atoms with E-state index in [9.17, 15) is 0 Å². The van der Waals surface area contributed by atoms with Crippen LogP contribution >= 0.6 is 0 Å². The highest BCUT2D eigenvalue weighted by atomic mass is 16.5. The molecule has 0 bridgehead atoms. The normalized spacial score (nSPS) is 31.5. The maximum atomic E-state index is 5.23. The van der Waals surface area contributed by atoms with Gasteiger partial charge in [0.15, 0.2) is 0 Å². The van der Waals surface area contributed by atoms with Crippen LogP contribution in [0.25, 0.3) is 0 Å². The average molecular weight is 287 g/mol. The molecule has 2 aliphatic rings. The van der Waals surface area contributed by atoms with Gasteiger partial charge in [-0.05, 0) is 54.7 Å².